The average Bonchev–Trinajstić information content (AvgIpc) is 2.18. The predicted molar refractivity (Wildman–Crippen MR) is 51.2 cm³/mol. The summed E-state index contributed by atoms with van der Waals surface area (Å²) in [6.45, 7) is 4.35. The predicted octanol–water partition coefficient (Wildman–Crippen LogP) is 0.505. The lowest BCUT2D eigenvalue weighted by Crippen LogP contribution is -2.25. The van der Waals surface area contributed by atoms with Gasteiger partial charge in [-0.1, -0.05) is 6.92 Å². The third-order valence-electron chi connectivity index (χ3n) is 1.90. The fourth-order valence-corrected chi connectivity index (χ4v) is 1.11. The first kappa shape index (κ1) is 10.7. The molecule has 0 saturated carbocycles. The van der Waals surface area contributed by atoms with Gasteiger partial charge in [0.05, 0.1) is 5.56 Å². The van der Waals surface area contributed by atoms with Crippen LogP contribution in [-0.4, -0.2) is 21.3 Å². The number of hydrogen-bond donors (Lipinski definition) is 1. The summed E-state index contributed by atoms with van der Waals surface area (Å²) in [6, 6.07) is 0. The fraction of sp³-hybridized carbons (Fsp3) is 0.556. The molecule has 0 bridgehead atoms. The van der Waals surface area contributed by atoms with Crippen LogP contribution in [0.1, 0.15) is 19.4 Å². The lowest BCUT2D eigenvalue weighted by atomic mass is 10.2. The van der Waals surface area contributed by atoms with Crippen molar-refractivity contribution in [1.82, 2.24) is 9.55 Å². The molecule has 5 nitrogen and oxygen atoms in total. The molecule has 0 atom stereocenters. The Morgan fingerprint density at radius 1 is 1.57 bits per heavy atom. The number of hydrogen-bond acceptors (Lipinski definition) is 4. The molecule has 0 fully saturated rings. The second-order valence-corrected chi connectivity index (χ2v) is 2.80. The third-order valence-corrected chi connectivity index (χ3v) is 1.90. The van der Waals surface area contributed by atoms with Crippen molar-refractivity contribution in [1.29, 1.82) is 0 Å². The molecule has 0 unspecified atom stereocenters. The van der Waals surface area contributed by atoms with Crippen molar-refractivity contribution in [2.45, 2.75) is 27.0 Å². The van der Waals surface area contributed by atoms with Gasteiger partial charge in [0.25, 0.3) is 5.56 Å². The van der Waals surface area contributed by atoms with Crippen LogP contribution < -0.4 is 5.56 Å². The van der Waals surface area contributed by atoms with Crippen molar-refractivity contribution in [2.24, 2.45) is 0 Å². The first-order valence-electron chi connectivity index (χ1n) is 4.55. The molecule has 0 aliphatic rings. The summed E-state index contributed by atoms with van der Waals surface area (Å²) < 4.78 is 6.42. The van der Waals surface area contributed by atoms with Gasteiger partial charge in [-0.15, -0.1) is 0 Å². The second-order valence-electron chi connectivity index (χ2n) is 2.80. The summed E-state index contributed by atoms with van der Waals surface area (Å²) in [5.41, 5.74) is 0.0839. The van der Waals surface area contributed by atoms with Gasteiger partial charge in [0.1, 0.15) is 13.1 Å². The maximum atomic E-state index is 11.6. The topological polar surface area (TPSA) is 64.3 Å². The highest BCUT2D eigenvalue weighted by Gasteiger charge is 2.08. The number of aromatic hydroxyl groups is 1. The van der Waals surface area contributed by atoms with Gasteiger partial charge in [-0.3, -0.25) is 9.36 Å². The maximum absolute atomic E-state index is 11.6. The van der Waals surface area contributed by atoms with E-state index in [0.29, 0.717) is 18.6 Å². The Kier molecular flexibility index (Phi) is 3.64. The second kappa shape index (κ2) is 4.76. The van der Waals surface area contributed by atoms with Gasteiger partial charge < -0.3 is 9.84 Å². The highest BCUT2D eigenvalue weighted by atomic mass is 16.5. The van der Waals surface area contributed by atoms with Crippen molar-refractivity contribution >= 4 is 0 Å². The molecule has 1 heterocycles. The normalized spacial score (nSPS) is 10.4. The molecular formula is C9H14N2O3. The number of nitrogens with zero attached hydrogens (tertiary/aromatic N) is 2. The summed E-state index contributed by atoms with van der Waals surface area (Å²) in [7, 11) is 0. The summed E-state index contributed by atoms with van der Waals surface area (Å²) >= 11 is 0. The van der Waals surface area contributed by atoms with Crippen molar-refractivity contribution < 1.29 is 9.84 Å². The Morgan fingerprint density at radius 3 is 2.86 bits per heavy atom. The van der Waals surface area contributed by atoms with Gasteiger partial charge in [0, 0.05) is 6.61 Å². The van der Waals surface area contributed by atoms with E-state index in [1.807, 2.05) is 6.92 Å². The molecule has 1 N–H and O–H groups in total. The largest absolute Gasteiger partial charge is 0.493 e. The minimum absolute atomic E-state index is 0.176. The van der Waals surface area contributed by atoms with Gasteiger partial charge in [-0.25, -0.2) is 4.98 Å². The Bertz CT molecular complexity index is 360. The van der Waals surface area contributed by atoms with Crippen LogP contribution in [-0.2, 0) is 17.9 Å². The summed E-state index contributed by atoms with van der Waals surface area (Å²) in [6.07, 6.45) is 1.75. The zero-order valence-electron chi connectivity index (χ0n) is 8.36. The molecule has 14 heavy (non-hydrogen) atoms. The number of aromatic nitrogens is 2. The first-order valence-corrected chi connectivity index (χ1v) is 4.55. The van der Waals surface area contributed by atoms with Crippen LogP contribution >= 0.6 is 0 Å². The van der Waals surface area contributed by atoms with Crippen molar-refractivity contribution in [3.8, 4) is 5.88 Å². The number of rotatable bonds is 4. The lowest BCUT2D eigenvalue weighted by Gasteiger charge is -2.07. The molecule has 0 radical (unpaired) electrons. The third kappa shape index (κ3) is 2.11. The molecule has 5 heteroatoms. The molecule has 0 spiro atoms. The van der Waals surface area contributed by atoms with E-state index in [2.05, 4.69) is 4.98 Å². The van der Waals surface area contributed by atoms with Crippen molar-refractivity contribution in [3.63, 3.8) is 0 Å². The highest BCUT2D eigenvalue weighted by molar-refractivity contribution is 5.20. The molecule has 0 aromatic carbocycles. The van der Waals surface area contributed by atoms with Crippen LogP contribution in [0.15, 0.2) is 11.1 Å². The molecule has 1 rings (SSSR count). The summed E-state index contributed by atoms with van der Waals surface area (Å²) in [5.74, 6) is -0.190. The van der Waals surface area contributed by atoms with E-state index < -0.39 is 0 Å². The van der Waals surface area contributed by atoms with E-state index >= 15 is 0 Å². The molecule has 0 saturated heterocycles. The van der Waals surface area contributed by atoms with Crippen LogP contribution in [0, 0.1) is 0 Å². The molecule has 1 aromatic heterocycles. The van der Waals surface area contributed by atoms with E-state index in [1.165, 1.54) is 10.9 Å². The van der Waals surface area contributed by atoms with Crippen LogP contribution in [0.5, 0.6) is 5.88 Å². The molecule has 0 amide bonds. The van der Waals surface area contributed by atoms with Crippen molar-refractivity contribution in [2.75, 3.05) is 6.61 Å². The fourth-order valence-electron chi connectivity index (χ4n) is 1.11. The summed E-state index contributed by atoms with van der Waals surface area (Å²) in [5, 5.41) is 9.28. The van der Waals surface area contributed by atoms with E-state index in [1.54, 1.807) is 6.92 Å². The standard InChI is InChI=1S/C9H14N2O3/c1-3-7-8(12)10-5-11(9(7)13)6-14-4-2/h5,12H,3-4,6H2,1-2H3. The van der Waals surface area contributed by atoms with Crippen molar-refractivity contribution in [3.05, 3.63) is 22.2 Å². The Labute approximate surface area is 82.0 Å². The molecule has 0 aliphatic carbocycles. The van der Waals surface area contributed by atoms with Crippen LogP contribution in [0.2, 0.25) is 0 Å². The van der Waals surface area contributed by atoms with Gasteiger partial charge >= 0.3 is 0 Å². The van der Waals surface area contributed by atoms with Gasteiger partial charge in [-0.2, -0.15) is 0 Å². The Hall–Kier alpha value is -1.36. The van der Waals surface area contributed by atoms with Crippen LogP contribution in [0.4, 0.5) is 0 Å². The average molecular weight is 198 g/mol. The maximum Gasteiger partial charge on any atom is 0.262 e. The van der Waals surface area contributed by atoms with E-state index in [9.17, 15) is 9.90 Å². The quantitative estimate of drug-likeness (QED) is 0.765. The van der Waals surface area contributed by atoms with Crippen LogP contribution in [0.3, 0.4) is 0 Å². The van der Waals surface area contributed by atoms with E-state index in [-0.39, 0.29) is 18.2 Å². The van der Waals surface area contributed by atoms with E-state index in [0.717, 1.165) is 0 Å². The molecule has 1 aromatic rings. The first-order chi connectivity index (χ1) is 6.70. The number of ether oxygens (including phenoxy) is 1. The SMILES string of the molecule is CCOCn1cnc(O)c(CC)c1=O. The highest BCUT2D eigenvalue weighted by Crippen LogP contribution is 2.07. The van der Waals surface area contributed by atoms with E-state index in [4.69, 9.17) is 4.74 Å². The monoisotopic (exact) mass is 198 g/mol. The molecular weight excluding hydrogens is 184 g/mol. The summed E-state index contributed by atoms with van der Waals surface area (Å²) in [4.78, 5) is 15.3. The zero-order valence-corrected chi connectivity index (χ0v) is 8.36. The van der Waals surface area contributed by atoms with Crippen LogP contribution in [0.25, 0.3) is 0 Å². The Morgan fingerprint density at radius 2 is 2.29 bits per heavy atom. The van der Waals surface area contributed by atoms with Gasteiger partial charge in [-0.05, 0) is 13.3 Å². The molecule has 0 aliphatic heterocycles. The minimum atomic E-state index is -0.242. The van der Waals surface area contributed by atoms with Gasteiger partial charge in [0.15, 0.2) is 0 Å². The lowest BCUT2D eigenvalue weighted by molar-refractivity contribution is 0.0841. The minimum Gasteiger partial charge on any atom is -0.493 e. The smallest absolute Gasteiger partial charge is 0.262 e. The zero-order chi connectivity index (χ0) is 10.6. The Balaban J connectivity index is 3.02. The van der Waals surface area contributed by atoms with Gasteiger partial charge in [0.2, 0.25) is 5.88 Å². The molecule has 78 valence electrons.